The Labute approximate surface area is 104 Å². The molecule has 0 unspecified atom stereocenters. The van der Waals surface area contributed by atoms with Gasteiger partial charge in [0.05, 0.1) is 19.0 Å². The van der Waals surface area contributed by atoms with Crippen molar-refractivity contribution in [3.63, 3.8) is 0 Å². The molecular weight excluding hydrogens is 232 g/mol. The molecule has 0 saturated carbocycles. The predicted molar refractivity (Wildman–Crippen MR) is 66.3 cm³/mol. The Bertz CT molecular complexity index is 558. The number of carbonyl (C=O) groups is 1. The quantitative estimate of drug-likeness (QED) is 0.611. The Morgan fingerprint density at radius 2 is 2.17 bits per heavy atom. The summed E-state index contributed by atoms with van der Waals surface area (Å²) in [6.45, 7) is 3.44. The second-order valence-corrected chi connectivity index (χ2v) is 3.61. The van der Waals surface area contributed by atoms with E-state index in [2.05, 4.69) is 21.4 Å². The number of methoxy groups -OCH3 is 1. The highest BCUT2D eigenvalue weighted by Gasteiger charge is 2.12. The molecule has 5 nitrogen and oxygen atoms in total. The molecule has 2 aromatic rings. The first-order valence-electron chi connectivity index (χ1n) is 5.31. The van der Waals surface area contributed by atoms with Gasteiger partial charge in [0, 0.05) is 6.42 Å². The number of carbonyl (C=O) groups excluding carboxylic acids is 1. The fraction of sp³-hybridized carbons (Fsp3) is 0.154. The van der Waals surface area contributed by atoms with Gasteiger partial charge in [-0.1, -0.05) is 12.1 Å². The van der Waals surface area contributed by atoms with Gasteiger partial charge in [0.2, 0.25) is 5.76 Å². The van der Waals surface area contributed by atoms with Crippen molar-refractivity contribution in [1.29, 1.82) is 0 Å². The first-order chi connectivity index (χ1) is 8.72. The van der Waals surface area contributed by atoms with Crippen LogP contribution in [0.1, 0.15) is 22.0 Å². The number of aliphatic imine (C=N–C) groups is 1. The molecule has 0 N–H and O–H groups in total. The minimum absolute atomic E-state index is 0.108. The summed E-state index contributed by atoms with van der Waals surface area (Å²) in [7, 11) is 1.30. The minimum Gasteiger partial charge on any atom is -0.463 e. The van der Waals surface area contributed by atoms with E-state index in [4.69, 9.17) is 4.42 Å². The van der Waals surface area contributed by atoms with E-state index in [1.54, 1.807) is 0 Å². The van der Waals surface area contributed by atoms with E-state index in [0.717, 1.165) is 11.3 Å². The fourth-order valence-electron chi connectivity index (χ4n) is 1.48. The Morgan fingerprint density at radius 3 is 2.78 bits per heavy atom. The molecule has 2 rings (SSSR count). The first-order valence-corrected chi connectivity index (χ1v) is 5.31. The molecule has 0 atom stereocenters. The lowest BCUT2D eigenvalue weighted by atomic mass is 10.1. The maximum absolute atomic E-state index is 11.2. The molecule has 1 heterocycles. The lowest BCUT2D eigenvalue weighted by Gasteiger charge is -1.98. The summed E-state index contributed by atoms with van der Waals surface area (Å²) in [5, 5.41) is 0. The van der Waals surface area contributed by atoms with Crippen molar-refractivity contribution < 1.29 is 13.9 Å². The van der Waals surface area contributed by atoms with Gasteiger partial charge in [0.15, 0.2) is 5.89 Å². The van der Waals surface area contributed by atoms with Crippen LogP contribution in [0.15, 0.2) is 39.9 Å². The molecule has 5 heteroatoms. The normalized spacial score (nSPS) is 10.1. The van der Waals surface area contributed by atoms with E-state index in [-0.39, 0.29) is 5.76 Å². The van der Waals surface area contributed by atoms with Crippen LogP contribution in [-0.2, 0) is 11.2 Å². The van der Waals surface area contributed by atoms with Gasteiger partial charge in [-0.2, -0.15) is 0 Å². The number of aromatic nitrogens is 1. The van der Waals surface area contributed by atoms with Gasteiger partial charge in [-0.05, 0) is 24.4 Å². The number of rotatable bonds is 4. The average molecular weight is 244 g/mol. The van der Waals surface area contributed by atoms with Crippen molar-refractivity contribution in [3.05, 3.63) is 47.7 Å². The number of ether oxygens (including phenoxy) is 1. The van der Waals surface area contributed by atoms with Gasteiger partial charge < -0.3 is 9.15 Å². The van der Waals surface area contributed by atoms with Gasteiger partial charge in [-0.3, -0.25) is 4.99 Å². The Morgan fingerprint density at radius 1 is 1.44 bits per heavy atom. The lowest BCUT2D eigenvalue weighted by Crippen LogP contribution is -1.98. The molecule has 0 saturated heterocycles. The summed E-state index contributed by atoms with van der Waals surface area (Å²) >= 11 is 0. The molecule has 0 fully saturated rings. The maximum Gasteiger partial charge on any atom is 0.375 e. The number of nitrogens with zero attached hydrogens (tertiary/aromatic N) is 2. The zero-order chi connectivity index (χ0) is 13.0. The van der Waals surface area contributed by atoms with Gasteiger partial charge in [-0.25, -0.2) is 9.78 Å². The molecule has 1 aromatic heterocycles. The van der Waals surface area contributed by atoms with Crippen molar-refractivity contribution in [2.45, 2.75) is 6.42 Å². The van der Waals surface area contributed by atoms with Crippen LogP contribution in [-0.4, -0.2) is 24.8 Å². The molecular formula is C13H12N2O3. The van der Waals surface area contributed by atoms with Crippen molar-refractivity contribution in [2.24, 2.45) is 4.99 Å². The highest BCUT2D eigenvalue weighted by Crippen LogP contribution is 2.15. The molecule has 0 aliphatic heterocycles. The standard InChI is InChI=1S/C13H12N2O3/c1-14-10-5-3-9(4-6-10)7-12-15-8-11(18-12)13(16)17-2/h3-6,8H,1,7H2,2H3. The third-order valence-electron chi connectivity index (χ3n) is 2.41. The largest absolute Gasteiger partial charge is 0.463 e. The summed E-state index contributed by atoms with van der Waals surface area (Å²) in [5.41, 5.74) is 1.82. The van der Waals surface area contributed by atoms with Crippen molar-refractivity contribution in [1.82, 2.24) is 4.98 Å². The minimum atomic E-state index is -0.528. The Hall–Kier alpha value is -2.43. The van der Waals surface area contributed by atoms with Crippen molar-refractivity contribution in [3.8, 4) is 0 Å². The Balaban J connectivity index is 2.10. The summed E-state index contributed by atoms with van der Waals surface area (Å²) in [4.78, 5) is 19.0. The number of oxazole rings is 1. The van der Waals surface area contributed by atoms with Crippen LogP contribution in [0.3, 0.4) is 0 Å². The lowest BCUT2D eigenvalue weighted by molar-refractivity contribution is 0.0563. The molecule has 0 aliphatic carbocycles. The molecule has 0 radical (unpaired) electrons. The second kappa shape index (κ2) is 5.27. The SMILES string of the molecule is C=Nc1ccc(Cc2ncc(C(=O)OC)o2)cc1. The summed E-state index contributed by atoms with van der Waals surface area (Å²) in [6, 6.07) is 7.52. The maximum atomic E-state index is 11.2. The van der Waals surface area contributed by atoms with Gasteiger partial charge in [0.1, 0.15) is 0 Å². The van der Waals surface area contributed by atoms with Crippen LogP contribution < -0.4 is 0 Å². The summed E-state index contributed by atoms with van der Waals surface area (Å²) in [5.74, 6) is 0.0477. The topological polar surface area (TPSA) is 64.7 Å². The smallest absolute Gasteiger partial charge is 0.375 e. The van der Waals surface area contributed by atoms with Gasteiger partial charge in [-0.15, -0.1) is 0 Å². The van der Waals surface area contributed by atoms with E-state index in [1.165, 1.54) is 13.3 Å². The average Bonchev–Trinajstić information content (AvgIpc) is 2.87. The van der Waals surface area contributed by atoms with Gasteiger partial charge in [0.25, 0.3) is 0 Å². The number of benzene rings is 1. The van der Waals surface area contributed by atoms with Crippen LogP contribution in [0.4, 0.5) is 5.69 Å². The highest BCUT2D eigenvalue weighted by molar-refractivity contribution is 5.85. The van der Waals surface area contributed by atoms with Crippen LogP contribution in [0, 0.1) is 0 Å². The van der Waals surface area contributed by atoms with Crippen LogP contribution >= 0.6 is 0 Å². The Kier molecular flexibility index (Phi) is 3.52. The monoisotopic (exact) mass is 244 g/mol. The van der Waals surface area contributed by atoms with E-state index >= 15 is 0 Å². The number of hydrogen-bond acceptors (Lipinski definition) is 5. The number of hydrogen-bond donors (Lipinski definition) is 0. The molecule has 0 spiro atoms. The van der Waals surface area contributed by atoms with Crippen LogP contribution in [0.5, 0.6) is 0 Å². The molecule has 18 heavy (non-hydrogen) atoms. The zero-order valence-corrected chi connectivity index (χ0v) is 9.92. The molecule has 0 amide bonds. The molecule has 0 bridgehead atoms. The first kappa shape index (κ1) is 12.0. The van der Waals surface area contributed by atoms with E-state index in [9.17, 15) is 4.79 Å². The van der Waals surface area contributed by atoms with Crippen molar-refractivity contribution in [2.75, 3.05) is 7.11 Å². The summed E-state index contributed by atoms with van der Waals surface area (Å²) < 4.78 is 9.81. The van der Waals surface area contributed by atoms with Crippen LogP contribution in [0.25, 0.3) is 0 Å². The second-order valence-electron chi connectivity index (χ2n) is 3.61. The van der Waals surface area contributed by atoms with Gasteiger partial charge >= 0.3 is 5.97 Å². The predicted octanol–water partition coefficient (Wildman–Crippen LogP) is 2.38. The molecule has 92 valence electrons. The fourth-order valence-corrected chi connectivity index (χ4v) is 1.48. The third kappa shape index (κ3) is 2.63. The van der Waals surface area contributed by atoms with Crippen LogP contribution in [0.2, 0.25) is 0 Å². The molecule has 1 aromatic carbocycles. The van der Waals surface area contributed by atoms with E-state index < -0.39 is 5.97 Å². The van der Waals surface area contributed by atoms with Crippen molar-refractivity contribution >= 4 is 18.4 Å². The molecule has 0 aliphatic rings. The number of esters is 1. The van der Waals surface area contributed by atoms with E-state index in [0.29, 0.717) is 12.3 Å². The zero-order valence-electron chi connectivity index (χ0n) is 9.92. The summed E-state index contributed by atoms with van der Waals surface area (Å²) in [6.07, 6.45) is 1.87. The third-order valence-corrected chi connectivity index (χ3v) is 2.41. The highest BCUT2D eigenvalue weighted by atomic mass is 16.5. The van der Waals surface area contributed by atoms with E-state index in [1.807, 2.05) is 24.3 Å².